The zero-order valence-corrected chi connectivity index (χ0v) is 10.9. The van der Waals surface area contributed by atoms with Crippen molar-refractivity contribution in [2.45, 2.75) is 18.4 Å². The molecule has 11 heteroatoms. The van der Waals surface area contributed by atoms with Crippen LogP contribution in [0.1, 0.15) is 6.23 Å². The van der Waals surface area contributed by atoms with E-state index in [1.165, 1.54) is 0 Å². The third-order valence-electron chi connectivity index (χ3n) is 3.34. The molecule has 1 aliphatic heterocycles. The fraction of sp³-hybridized carbons (Fsp3) is 0.364. The molecule has 0 aliphatic carbocycles. The Bertz CT molecular complexity index is 812. The molecule has 3 atom stereocenters. The Labute approximate surface area is 120 Å². The summed E-state index contributed by atoms with van der Waals surface area (Å²) in [5, 5.41) is 18.9. The van der Waals surface area contributed by atoms with Gasteiger partial charge >= 0.3 is 0 Å². The van der Waals surface area contributed by atoms with E-state index in [0.717, 1.165) is 10.9 Å². The molecule has 1 saturated heterocycles. The van der Waals surface area contributed by atoms with Crippen LogP contribution in [0.5, 0.6) is 0 Å². The maximum atomic E-state index is 13.1. The van der Waals surface area contributed by atoms with Gasteiger partial charge < -0.3 is 20.7 Å². The van der Waals surface area contributed by atoms with Crippen molar-refractivity contribution in [2.75, 3.05) is 12.3 Å². The second kappa shape index (κ2) is 5.12. The van der Waals surface area contributed by atoms with Crippen LogP contribution in [0.3, 0.4) is 0 Å². The number of aromatic amines is 1. The lowest BCUT2D eigenvalue weighted by molar-refractivity contribution is -0.0423. The van der Waals surface area contributed by atoms with Gasteiger partial charge in [0.25, 0.3) is 11.6 Å². The van der Waals surface area contributed by atoms with Gasteiger partial charge in [-0.2, -0.15) is 13.8 Å². The summed E-state index contributed by atoms with van der Waals surface area (Å²) in [7, 11) is 0. The zero-order chi connectivity index (χ0) is 16.0. The van der Waals surface area contributed by atoms with E-state index < -0.39 is 42.3 Å². The van der Waals surface area contributed by atoms with Crippen LogP contribution in [0.2, 0.25) is 0 Å². The van der Waals surface area contributed by atoms with Crippen molar-refractivity contribution in [1.29, 1.82) is 0 Å². The van der Waals surface area contributed by atoms with Crippen LogP contribution in [0.4, 0.5) is 14.7 Å². The van der Waals surface area contributed by atoms with E-state index in [-0.39, 0.29) is 17.1 Å². The largest absolute Gasteiger partial charge is 0.394 e. The molecule has 118 valence electrons. The number of nitrogens with zero attached hydrogens (tertiary/aromatic N) is 3. The summed E-state index contributed by atoms with van der Waals surface area (Å²) >= 11 is 0. The van der Waals surface area contributed by atoms with E-state index in [4.69, 9.17) is 15.6 Å². The van der Waals surface area contributed by atoms with Gasteiger partial charge in [-0.3, -0.25) is 14.3 Å². The highest BCUT2D eigenvalue weighted by molar-refractivity contribution is 5.70. The molecule has 2 aromatic rings. The third kappa shape index (κ3) is 2.06. The third-order valence-corrected chi connectivity index (χ3v) is 3.34. The first-order valence-electron chi connectivity index (χ1n) is 6.15. The predicted molar refractivity (Wildman–Crippen MR) is 68.8 cm³/mol. The fourth-order valence-electron chi connectivity index (χ4n) is 2.34. The lowest BCUT2D eigenvalue weighted by atomic mass is 10.1. The average Bonchev–Trinajstić information content (AvgIpc) is 2.99. The molecule has 0 radical (unpaired) electrons. The molecule has 0 amide bonds. The molecule has 2 aromatic heterocycles. The first kappa shape index (κ1) is 14.6. The Morgan fingerprint density at radius 1 is 1.55 bits per heavy atom. The number of aliphatic hydroxyl groups excluding tert-OH is 2. The highest BCUT2D eigenvalue weighted by Gasteiger charge is 2.43. The molecular weight excluding hydrogens is 304 g/mol. The van der Waals surface area contributed by atoms with Crippen LogP contribution >= 0.6 is 0 Å². The summed E-state index contributed by atoms with van der Waals surface area (Å²) in [4.78, 5) is 21.5. The number of anilines is 1. The summed E-state index contributed by atoms with van der Waals surface area (Å²) in [6.07, 6.45) is -5.43. The molecule has 0 spiro atoms. The molecule has 5 N–H and O–H groups in total. The van der Waals surface area contributed by atoms with Gasteiger partial charge in [-0.25, -0.2) is 4.98 Å². The van der Waals surface area contributed by atoms with Crippen LogP contribution in [0, 0.1) is 0 Å². The monoisotopic (exact) mass is 315 g/mol. The second-order valence-corrected chi connectivity index (χ2v) is 4.65. The minimum atomic E-state index is -2.15. The van der Waals surface area contributed by atoms with Gasteiger partial charge in [-0.1, -0.05) is 0 Å². The highest BCUT2D eigenvalue weighted by Crippen LogP contribution is 2.38. The van der Waals surface area contributed by atoms with Crippen LogP contribution in [-0.2, 0) is 4.74 Å². The van der Waals surface area contributed by atoms with Gasteiger partial charge in [-0.15, -0.1) is 0 Å². The summed E-state index contributed by atoms with van der Waals surface area (Å²) in [5.74, 6) is -0.220. The zero-order valence-electron chi connectivity index (χ0n) is 10.9. The number of nitrogens with one attached hydrogen (secondary N) is 1. The van der Waals surface area contributed by atoms with Crippen molar-refractivity contribution < 1.29 is 23.7 Å². The molecule has 1 fully saturated rings. The van der Waals surface area contributed by atoms with Crippen molar-refractivity contribution in [3.05, 3.63) is 28.3 Å². The number of hydrogen-bond acceptors (Lipinski definition) is 7. The van der Waals surface area contributed by atoms with Gasteiger partial charge in [-0.05, 0) is 0 Å². The Kier molecular flexibility index (Phi) is 3.39. The Hall–Kier alpha value is -2.37. The molecule has 0 aromatic carbocycles. The Morgan fingerprint density at radius 3 is 2.91 bits per heavy atom. The molecule has 0 bridgehead atoms. The summed E-state index contributed by atoms with van der Waals surface area (Å²) in [6, 6.07) is 0. The molecule has 1 unspecified atom stereocenters. The van der Waals surface area contributed by atoms with Gasteiger partial charge in [0.15, 0.2) is 17.4 Å². The standard InChI is InChI=1S/C11H11F2N5O4/c12-7(13)4-6(20)3(1-19)22-10(4)18-2-15-5-8(18)16-11(14)17-9(5)21/h2-3,6,10,19-20H,1H2,(H3,14,16,17,21)/t3-,6?,10-/m1/s1. The minimum absolute atomic E-state index is 0.0733. The highest BCUT2D eigenvalue weighted by atomic mass is 19.3. The van der Waals surface area contributed by atoms with Crippen LogP contribution in [-0.4, -0.2) is 48.5 Å². The number of H-pyrrole nitrogens is 1. The van der Waals surface area contributed by atoms with Gasteiger partial charge in [0.2, 0.25) is 5.95 Å². The summed E-state index contributed by atoms with van der Waals surface area (Å²) in [6.45, 7) is -0.656. The number of imidazole rings is 1. The lowest BCUT2D eigenvalue weighted by Crippen LogP contribution is -2.25. The molecule has 3 rings (SSSR count). The van der Waals surface area contributed by atoms with Gasteiger partial charge in [0.05, 0.1) is 18.5 Å². The van der Waals surface area contributed by atoms with Crippen molar-refractivity contribution in [3.8, 4) is 0 Å². The topological polar surface area (TPSA) is 139 Å². The molecule has 0 saturated carbocycles. The van der Waals surface area contributed by atoms with Crippen LogP contribution in [0.25, 0.3) is 11.2 Å². The Morgan fingerprint density at radius 2 is 2.27 bits per heavy atom. The number of halogens is 2. The number of hydrogen-bond donors (Lipinski definition) is 4. The normalized spacial score (nSPS) is 25.1. The SMILES string of the molecule is Nc1nc2c(ncn2[C@@H]2O[C@H](CO)C(O)C2=C(F)F)c(=O)[nH]1. The van der Waals surface area contributed by atoms with E-state index >= 15 is 0 Å². The number of aromatic nitrogens is 4. The summed E-state index contributed by atoms with van der Waals surface area (Å²) < 4.78 is 32.5. The quantitative estimate of drug-likeness (QED) is 0.563. The maximum absolute atomic E-state index is 13.1. The van der Waals surface area contributed by atoms with Crippen molar-refractivity contribution in [2.24, 2.45) is 0 Å². The smallest absolute Gasteiger partial charge is 0.280 e. The predicted octanol–water partition coefficient (Wildman–Crippen LogP) is -0.897. The lowest BCUT2D eigenvalue weighted by Gasteiger charge is -2.14. The number of fused-ring (bicyclic) bond motifs is 1. The number of aliphatic hydroxyl groups is 2. The molecule has 9 nitrogen and oxygen atoms in total. The number of nitrogen functional groups attached to an aromatic ring is 1. The molecular formula is C11H11F2N5O4. The first-order chi connectivity index (χ1) is 10.4. The van der Waals surface area contributed by atoms with Crippen LogP contribution in [0.15, 0.2) is 22.8 Å². The van der Waals surface area contributed by atoms with Gasteiger partial charge in [0, 0.05) is 0 Å². The van der Waals surface area contributed by atoms with Crippen molar-refractivity contribution >= 4 is 17.1 Å². The average molecular weight is 315 g/mol. The van der Waals surface area contributed by atoms with E-state index in [1.54, 1.807) is 0 Å². The summed E-state index contributed by atoms with van der Waals surface area (Å²) in [5.41, 5.74) is 3.88. The fourth-order valence-corrected chi connectivity index (χ4v) is 2.34. The number of nitrogens with two attached hydrogens (primary N) is 1. The number of rotatable bonds is 2. The Balaban J connectivity index is 2.19. The van der Waals surface area contributed by atoms with E-state index in [0.29, 0.717) is 0 Å². The minimum Gasteiger partial charge on any atom is -0.394 e. The van der Waals surface area contributed by atoms with E-state index in [1.807, 2.05) is 0 Å². The van der Waals surface area contributed by atoms with E-state index in [2.05, 4.69) is 15.0 Å². The van der Waals surface area contributed by atoms with Crippen molar-refractivity contribution in [1.82, 2.24) is 19.5 Å². The van der Waals surface area contributed by atoms with Gasteiger partial charge in [0.1, 0.15) is 12.2 Å². The van der Waals surface area contributed by atoms with E-state index in [9.17, 15) is 18.7 Å². The molecule has 22 heavy (non-hydrogen) atoms. The van der Waals surface area contributed by atoms with Crippen LogP contribution < -0.4 is 11.3 Å². The van der Waals surface area contributed by atoms with Crippen molar-refractivity contribution in [3.63, 3.8) is 0 Å². The maximum Gasteiger partial charge on any atom is 0.280 e. The molecule has 1 aliphatic rings. The number of ether oxygens (including phenoxy) is 1. The second-order valence-electron chi connectivity index (χ2n) is 4.65. The first-order valence-corrected chi connectivity index (χ1v) is 6.15. The molecule has 3 heterocycles.